The molecule has 0 bridgehead atoms. The van der Waals surface area contributed by atoms with Crippen molar-refractivity contribution in [2.75, 3.05) is 0 Å². The summed E-state index contributed by atoms with van der Waals surface area (Å²) < 4.78 is 1.69. The van der Waals surface area contributed by atoms with Crippen LogP contribution in [0.5, 0.6) is 0 Å². The molecular weight excluding hydrogens is 294 g/mol. The lowest BCUT2D eigenvalue weighted by molar-refractivity contribution is -0.151. The molecule has 0 saturated heterocycles. The number of hydrogen-bond donors (Lipinski definition) is 1. The van der Waals surface area contributed by atoms with Gasteiger partial charge in [0.1, 0.15) is 6.04 Å². The molecule has 120 valence electrons. The third-order valence-corrected chi connectivity index (χ3v) is 4.24. The van der Waals surface area contributed by atoms with Crippen molar-refractivity contribution in [1.82, 2.24) is 14.7 Å². The molecule has 23 heavy (non-hydrogen) atoms. The van der Waals surface area contributed by atoms with Crippen molar-refractivity contribution in [3.63, 3.8) is 0 Å². The number of amides is 1. The summed E-state index contributed by atoms with van der Waals surface area (Å²) >= 11 is 0. The number of nitrogens with zero attached hydrogens (tertiary/aromatic N) is 3. The van der Waals surface area contributed by atoms with Crippen LogP contribution in [0.15, 0.2) is 36.7 Å². The van der Waals surface area contributed by atoms with Crippen LogP contribution in [0.4, 0.5) is 0 Å². The van der Waals surface area contributed by atoms with Gasteiger partial charge in [-0.1, -0.05) is 24.3 Å². The van der Waals surface area contributed by atoms with Crippen molar-refractivity contribution in [2.24, 2.45) is 7.05 Å². The molecule has 0 unspecified atom stereocenters. The zero-order valence-corrected chi connectivity index (χ0v) is 13.0. The van der Waals surface area contributed by atoms with Crippen LogP contribution >= 0.6 is 0 Å². The van der Waals surface area contributed by atoms with E-state index in [9.17, 15) is 14.7 Å². The largest absolute Gasteiger partial charge is 0.480 e. The van der Waals surface area contributed by atoms with Gasteiger partial charge in [-0.2, -0.15) is 5.10 Å². The second kappa shape index (κ2) is 6.24. The van der Waals surface area contributed by atoms with Crippen LogP contribution in [0.3, 0.4) is 0 Å². The second-order valence-corrected chi connectivity index (χ2v) is 5.87. The normalized spacial score (nSPS) is 16.9. The molecule has 2 heterocycles. The number of hydrogen-bond acceptors (Lipinski definition) is 3. The first-order valence-electron chi connectivity index (χ1n) is 7.61. The molecule has 0 spiro atoms. The Morgan fingerprint density at radius 3 is 2.70 bits per heavy atom. The van der Waals surface area contributed by atoms with Crippen molar-refractivity contribution in [1.29, 1.82) is 0 Å². The molecule has 1 atom stereocenters. The molecule has 2 aromatic rings. The van der Waals surface area contributed by atoms with E-state index in [2.05, 4.69) is 5.10 Å². The van der Waals surface area contributed by atoms with Gasteiger partial charge < -0.3 is 10.0 Å². The predicted molar refractivity (Wildman–Crippen MR) is 83.6 cm³/mol. The van der Waals surface area contributed by atoms with E-state index in [-0.39, 0.29) is 12.3 Å². The van der Waals surface area contributed by atoms with Crippen LogP contribution < -0.4 is 0 Å². The molecule has 1 amide bonds. The summed E-state index contributed by atoms with van der Waals surface area (Å²) in [4.78, 5) is 25.6. The fourth-order valence-corrected chi connectivity index (χ4v) is 3.00. The average molecular weight is 313 g/mol. The molecule has 1 aromatic carbocycles. The molecule has 1 N–H and O–H groups in total. The zero-order chi connectivity index (χ0) is 16.4. The zero-order valence-electron chi connectivity index (χ0n) is 13.0. The van der Waals surface area contributed by atoms with Crippen LogP contribution in [0.2, 0.25) is 0 Å². The van der Waals surface area contributed by atoms with E-state index in [4.69, 9.17) is 0 Å². The molecule has 6 heteroatoms. The molecule has 0 saturated carbocycles. The Morgan fingerprint density at radius 2 is 2.04 bits per heavy atom. The van der Waals surface area contributed by atoms with E-state index >= 15 is 0 Å². The monoisotopic (exact) mass is 313 g/mol. The number of benzene rings is 1. The Balaban J connectivity index is 1.73. The summed E-state index contributed by atoms with van der Waals surface area (Å²) in [5.41, 5.74) is 3.01. The Kier molecular flexibility index (Phi) is 4.14. The number of rotatable bonds is 4. The van der Waals surface area contributed by atoms with Gasteiger partial charge in [0.05, 0.1) is 6.20 Å². The highest BCUT2D eigenvalue weighted by molar-refractivity contribution is 5.84. The molecule has 6 nitrogen and oxygen atoms in total. The topological polar surface area (TPSA) is 75.4 Å². The van der Waals surface area contributed by atoms with Crippen LogP contribution in [0.1, 0.15) is 23.1 Å². The average Bonchev–Trinajstić information content (AvgIpc) is 2.96. The van der Waals surface area contributed by atoms with E-state index in [1.807, 2.05) is 37.5 Å². The number of aryl methyl sites for hydroxylation is 2. The van der Waals surface area contributed by atoms with Gasteiger partial charge in [0.25, 0.3) is 0 Å². The van der Waals surface area contributed by atoms with E-state index in [1.54, 1.807) is 10.9 Å². The highest BCUT2D eigenvalue weighted by Gasteiger charge is 2.34. The Hall–Kier alpha value is -2.63. The van der Waals surface area contributed by atoms with Gasteiger partial charge in [-0.3, -0.25) is 9.48 Å². The standard InChI is InChI=1S/C17H19N3O3/c1-19-10-12(9-18-19)6-7-16(21)20-11-14-5-3-2-4-13(14)8-15(20)17(22)23/h2-5,9-10,15H,6-8,11H2,1H3,(H,22,23)/t15-/m1/s1. The minimum absolute atomic E-state index is 0.129. The van der Waals surface area contributed by atoms with Crippen LogP contribution in [0, 0.1) is 0 Å². The maximum absolute atomic E-state index is 12.5. The summed E-state index contributed by atoms with van der Waals surface area (Å²) in [6.07, 6.45) is 4.82. The molecule has 1 aromatic heterocycles. The highest BCUT2D eigenvalue weighted by atomic mass is 16.4. The van der Waals surface area contributed by atoms with Gasteiger partial charge in [0, 0.05) is 32.6 Å². The van der Waals surface area contributed by atoms with E-state index in [0.717, 1.165) is 16.7 Å². The van der Waals surface area contributed by atoms with E-state index in [1.165, 1.54) is 4.90 Å². The molecule has 0 fully saturated rings. The molecular formula is C17H19N3O3. The lowest BCUT2D eigenvalue weighted by Gasteiger charge is -2.34. The number of fused-ring (bicyclic) bond motifs is 1. The summed E-state index contributed by atoms with van der Waals surface area (Å²) in [6, 6.07) is 6.92. The smallest absolute Gasteiger partial charge is 0.326 e. The minimum Gasteiger partial charge on any atom is -0.480 e. The fraction of sp³-hybridized carbons (Fsp3) is 0.353. The molecule has 0 radical (unpaired) electrons. The van der Waals surface area contributed by atoms with Crippen molar-refractivity contribution in [3.05, 3.63) is 53.3 Å². The lowest BCUT2D eigenvalue weighted by Crippen LogP contribution is -2.48. The van der Waals surface area contributed by atoms with Gasteiger partial charge in [-0.15, -0.1) is 0 Å². The second-order valence-electron chi connectivity index (χ2n) is 5.87. The van der Waals surface area contributed by atoms with Crippen LogP contribution in [0.25, 0.3) is 0 Å². The van der Waals surface area contributed by atoms with Crippen molar-refractivity contribution >= 4 is 11.9 Å². The number of aromatic nitrogens is 2. The predicted octanol–water partition coefficient (Wildman–Crippen LogP) is 1.39. The summed E-state index contributed by atoms with van der Waals surface area (Å²) in [5, 5.41) is 13.5. The summed E-state index contributed by atoms with van der Waals surface area (Å²) in [6.45, 7) is 0.360. The first-order valence-corrected chi connectivity index (χ1v) is 7.61. The highest BCUT2D eigenvalue weighted by Crippen LogP contribution is 2.24. The summed E-state index contributed by atoms with van der Waals surface area (Å²) in [7, 11) is 1.83. The number of carbonyl (C=O) groups is 2. The number of carbonyl (C=O) groups excluding carboxylic acids is 1. The van der Waals surface area contributed by atoms with Crippen LogP contribution in [-0.4, -0.2) is 37.7 Å². The maximum atomic E-state index is 12.5. The Bertz CT molecular complexity index is 738. The van der Waals surface area contributed by atoms with E-state index < -0.39 is 12.0 Å². The van der Waals surface area contributed by atoms with E-state index in [0.29, 0.717) is 19.4 Å². The fourth-order valence-electron chi connectivity index (χ4n) is 3.00. The van der Waals surface area contributed by atoms with Gasteiger partial charge in [-0.25, -0.2) is 4.79 Å². The van der Waals surface area contributed by atoms with Crippen molar-refractivity contribution in [2.45, 2.75) is 31.8 Å². The number of aliphatic carboxylic acids is 1. The number of carboxylic acid groups (broad SMARTS) is 1. The summed E-state index contributed by atoms with van der Waals surface area (Å²) in [5.74, 6) is -1.08. The number of carboxylic acids is 1. The van der Waals surface area contributed by atoms with Crippen molar-refractivity contribution in [3.8, 4) is 0 Å². The first kappa shape index (κ1) is 15.3. The quantitative estimate of drug-likeness (QED) is 0.925. The molecule has 1 aliphatic rings. The third-order valence-electron chi connectivity index (χ3n) is 4.24. The van der Waals surface area contributed by atoms with Gasteiger partial charge in [-0.05, 0) is 23.1 Å². The van der Waals surface area contributed by atoms with Gasteiger partial charge in [0.2, 0.25) is 5.91 Å². The third kappa shape index (κ3) is 3.26. The SMILES string of the molecule is Cn1cc(CCC(=O)N2Cc3ccccc3C[C@@H]2C(=O)O)cn1. The molecule has 0 aliphatic carbocycles. The van der Waals surface area contributed by atoms with Crippen molar-refractivity contribution < 1.29 is 14.7 Å². The molecule has 3 rings (SSSR count). The van der Waals surface area contributed by atoms with Gasteiger partial charge in [0.15, 0.2) is 0 Å². The Labute approximate surface area is 134 Å². The van der Waals surface area contributed by atoms with Gasteiger partial charge >= 0.3 is 5.97 Å². The Morgan fingerprint density at radius 1 is 1.30 bits per heavy atom. The van der Waals surface area contributed by atoms with Crippen LogP contribution in [-0.2, 0) is 36.0 Å². The first-order chi connectivity index (χ1) is 11.0. The molecule has 1 aliphatic heterocycles. The lowest BCUT2D eigenvalue weighted by atomic mass is 9.93. The maximum Gasteiger partial charge on any atom is 0.326 e. The minimum atomic E-state index is -0.950.